The zero-order valence-corrected chi connectivity index (χ0v) is 23.5. The van der Waals surface area contributed by atoms with E-state index >= 15 is 4.39 Å². The smallest absolute Gasteiger partial charge is 0.410 e. The van der Waals surface area contributed by atoms with E-state index in [9.17, 15) is 39.3 Å². The molecule has 0 bridgehead atoms. The molecule has 1 aromatic heterocycles. The summed E-state index contributed by atoms with van der Waals surface area (Å²) in [7, 11) is 0. The fourth-order valence-electron chi connectivity index (χ4n) is 6.60. The van der Waals surface area contributed by atoms with Crippen molar-refractivity contribution in [3.05, 3.63) is 51.2 Å². The summed E-state index contributed by atoms with van der Waals surface area (Å²) >= 11 is 0. The number of aliphatic carboxylic acids is 1. The first kappa shape index (κ1) is 28.6. The third kappa shape index (κ3) is 4.60. The number of pyridine rings is 1. The number of fused-ring (bicyclic) bond motifs is 2. The number of piperazine rings is 1. The molecule has 1 saturated carbocycles. The Morgan fingerprint density at radius 2 is 1.74 bits per heavy atom. The van der Waals surface area contributed by atoms with Gasteiger partial charge in [0.05, 0.1) is 29.3 Å². The Labute approximate surface area is 244 Å². The number of ether oxygens (including phenoxy) is 1. The van der Waals surface area contributed by atoms with Gasteiger partial charge < -0.3 is 39.3 Å². The number of aliphatic hydroxyl groups is 1. The lowest BCUT2D eigenvalue weighted by molar-refractivity contribution is -0.163. The lowest BCUT2D eigenvalue weighted by Gasteiger charge is -2.46. The van der Waals surface area contributed by atoms with E-state index in [0.717, 1.165) is 23.8 Å². The molecule has 2 aromatic rings. The highest BCUT2D eigenvalue weighted by Gasteiger charge is 2.60. The summed E-state index contributed by atoms with van der Waals surface area (Å²) in [6.07, 6.45) is 1.34. The Morgan fingerprint density at radius 1 is 1.07 bits per heavy atom. The van der Waals surface area contributed by atoms with Gasteiger partial charge in [0.25, 0.3) is 0 Å². The molecule has 228 valence electrons. The molecule has 4 heterocycles. The lowest BCUT2D eigenvalue weighted by atomic mass is 9.78. The second-order valence-corrected chi connectivity index (χ2v) is 11.6. The first-order valence-corrected chi connectivity index (χ1v) is 14.2. The Balaban J connectivity index is 1.15. The predicted octanol–water partition coefficient (Wildman–Crippen LogP) is 1.63. The zero-order chi connectivity index (χ0) is 30.9. The minimum absolute atomic E-state index is 0.00216. The Kier molecular flexibility index (Phi) is 6.91. The van der Waals surface area contributed by atoms with Gasteiger partial charge in [0.15, 0.2) is 0 Å². The number of carboxylic acids is 2. The average molecular weight is 599 g/mol. The van der Waals surface area contributed by atoms with Crippen LogP contribution in [0.3, 0.4) is 0 Å². The maximum absolute atomic E-state index is 15.3. The van der Waals surface area contributed by atoms with Crippen LogP contribution >= 0.6 is 0 Å². The van der Waals surface area contributed by atoms with Gasteiger partial charge in [-0.15, -0.1) is 0 Å². The fourth-order valence-corrected chi connectivity index (χ4v) is 6.60. The summed E-state index contributed by atoms with van der Waals surface area (Å²) in [5.74, 6) is -4.98. The highest BCUT2D eigenvalue weighted by molar-refractivity contribution is 6.00. The quantitative estimate of drug-likeness (QED) is 0.398. The number of carbonyl (C=O) groups excluding carboxylic acids is 2. The molecule has 43 heavy (non-hydrogen) atoms. The van der Waals surface area contributed by atoms with Gasteiger partial charge in [-0.1, -0.05) is 6.92 Å². The van der Waals surface area contributed by atoms with Crippen molar-refractivity contribution in [1.82, 2.24) is 14.4 Å². The van der Waals surface area contributed by atoms with Crippen molar-refractivity contribution in [2.75, 3.05) is 37.7 Å². The van der Waals surface area contributed by atoms with Gasteiger partial charge in [0, 0.05) is 55.3 Å². The van der Waals surface area contributed by atoms with E-state index in [2.05, 4.69) is 0 Å². The fraction of sp³-hybridized carbons (Fsp3) is 0.483. The van der Waals surface area contributed by atoms with Crippen LogP contribution in [-0.4, -0.2) is 98.6 Å². The van der Waals surface area contributed by atoms with Crippen LogP contribution in [0.1, 0.15) is 43.1 Å². The Morgan fingerprint density at radius 3 is 2.33 bits per heavy atom. The molecule has 4 aliphatic rings. The highest BCUT2D eigenvalue weighted by atomic mass is 19.1. The molecule has 2 saturated heterocycles. The van der Waals surface area contributed by atoms with E-state index in [4.69, 9.17) is 4.74 Å². The summed E-state index contributed by atoms with van der Waals surface area (Å²) in [6, 6.07) is 2.15. The van der Waals surface area contributed by atoms with Crippen molar-refractivity contribution < 1.29 is 43.6 Å². The maximum atomic E-state index is 15.3. The van der Waals surface area contributed by atoms with E-state index < -0.39 is 64.7 Å². The monoisotopic (exact) mass is 598 g/mol. The summed E-state index contributed by atoms with van der Waals surface area (Å²) in [6.45, 7) is 3.75. The molecular weight excluding hydrogens is 567 g/mol. The molecule has 6 rings (SSSR count). The molecule has 2 amide bonds. The highest BCUT2D eigenvalue weighted by Crippen LogP contribution is 2.47. The largest absolute Gasteiger partial charge is 0.477 e. The van der Waals surface area contributed by atoms with E-state index in [1.807, 2.05) is 0 Å². The number of carbonyl (C=O) groups is 4. The Bertz CT molecular complexity index is 1660. The second kappa shape index (κ2) is 10.4. The van der Waals surface area contributed by atoms with Gasteiger partial charge in [-0.25, -0.2) is 18.8 Å². The number of β-lactam (4-membered cyclic amide) rings is 1. The van der Waals surface area contributed by atoms with Crippen LogP contribution in [0, 0.1) is 17.7 Å². The van der Waals surface area contributed by atoms with Crippen LogP contribution in [0.5, 0.6) is 0 Å². The lowest BCUT2D eigenvalue weighted by Crippen LogP contribution is -2.63. The van der Waals surface area contributed by atoms with Crippen LogP contribution in [0.4, 0.5) is 14.9 Å². The van der Waals surface area contributed by atoms with Gasteiger partial charge in [-0.2, -0.15) is 0 Å². The number of aromatic nitrogens is 1. The second-order valence-electron chi connectivity index (χ2n) is 11.6. The molecular formula is C29H31FN4O9. The number of rotatable bonds is 7. The number of aromatic carboxylic acids is 1. The van der Waals surface area contributed by atoms with Crippen LogP contribution in [0.25, 0.3) is 10.9 Å². The van der Waals surface area contributed by atoms with Crippen molar-refractivity contribution in [2.24, 2.45) is 11.8 Å². The van der Waals surface area contributed by atoms with Crippen LogP contribution < -0.4 is 10.3 Å². The normalized spacial score (nSPS) is 24.2. The average Bonchev–Trinajstić information content (AvgIpc) is 3.76. The molecule has 1 aliphatic carbocycles. The van der Waals surface area contributed by atoms with Gasteiger partial charge in [0.1, 0.15) is 23.7 Å². The van der Waals surface area contributed by atoms with E-state index in [1.54, 1.807) is 22.5 Å². The third-order valence-corrected chi connectivity index (χ3v) is 9.02. The summed E-state index contributed by atoms with van der Waals surface area (Å²) in [5, 5.41) is 29.2. The number of carboxylic acid groups (broad SMARTS) is 2. The van der Waals surface area contributed by atoms with Crippen molar-refractivity contribution in [3.63, 3.8) is 0 Å². The molecule has 3 aliphatic heterocycles. The molecule has 0 radical (unpaired) electrons. The molecule has 4 atom stereocenters. The molecule has 0 unspecified atom stereocenters. The maximum Gasteiger partial charge on any atom is 0.410 e. The molecule has 3 fully saturated rings. The number of aliphatic hydroxyl groups excluding tert-OH is 1. The van der Waals surface area contributed by atoms with Crippen LogP contribution in [0.15, 0.2) is 34.4 Å². The first-order valence-electron chi connectivity index (χ1n) is 14.2. The van der Waals surface area contributed by atoms with E-state index in [-0.39, 0.29) is 55.6 Å². The minimum atomic E-state index is -1.37. The predicted molar refractivity (Wildman–Crippen MR) is 148 cm³/mol. The number of hydrogen-bond acceptors (Lipinski definition) is 8. The van der Waals surface area contributed by atoms with Crippen LogP contribution in [-0.2, 0) is 14.3 Å². The van der Waals surface area contributed by atoms with Gasteiger partial charge in [-0.3, -0.25) is 9.59 Å². The number of amides is 2. The summed E-state index contributed by atoms with van der Waals surface area (Å²) in [5.41, 5.74) is -0.391. The van der Waals surface area contributed by atoms with Gasteiger partial charge >= 0.3 is 18.0 Å². The summed E-state index contributed by atoms with van der Waals surface area (Å²) < 4.78 is 22.5. The van der Waals surface area contributed by atoms with Crippen LogP contribution in [0.2, 0.25) is 0 Å². The molecule has 3 N–H and O–H groups in total. The number of halogens is 1. The Hall–Kier alpha value is -4.46. The SMILES string of the molecule is C[C@H](O)[C@@H]1C(=O)N2C(C(=O)O)=C(COC(=O)N3CCN(c4cc5c(cc4F)c(=O)c(C(=O)O)cn5C4CC4)CC3)[C@@H](C)[C@@H]12. The number of nitrogens with zero attached hydrogens (tertiary/aromatic N) is 4. The van der Waals surface area contributed by atoms with E-state index in [0.29, 0.717) is 11.1 Å². The molecule has 1 aromatic carbocycles. The van der Waals surface area contributed by atoms with Crippen molar-refractivity contribution >= 4 is 40.5 Å². The van der Waals surface area contributed by atoms with Crippen molar-refractivity contribution in [1.29, 1.82) is 0 Å². The first-order chi connectivity index (χ1) is 20.4. The van der Waals surface area contributed by atoms with Crippen molar-refractivity contribution in [3.8, 4) is 0 Å². The van der Waals surface area contributed by atoms with Gasteiger partial charge in [-0.05, 0) is 31.9 Å². The number of benzene rings is 1. The molecule has 0 spiro atoms. The van der Waals surface area contributed by atoms with Gasteiger partial charge in [0.2, 0.25) is 11.3 Å². The number of hydrogen-bond donors (Lipinski definition) is 3. The zero-order valence-electron chi connectivity index (χ0n) is 23.5. The summed E-state index contributed by atoms with van der Waals surface area (Å²) in [4.78, 5) is 66.1. The van der Waals surface area contributed by atoms with E-state index in [1.165, 1.54) is 18.0 Å². The number of anilines is 1. The van der Waals surface area contributed by atoms with Crippen molar-refractivity contribution in [2.45, 2.75) is 44.9 Å². The minimum Gasteiger partial charge on any atom is -0.477 e. The standard InChI is InChI=1S/C29H31FN4O9/c1-13-18(24(28(40)41)34-23(13)22(14(2)35)26(34)37)12-43-29(42)32-7-5-31(6-8-32)21-10-20-16(9-19(21)30)25(36)17(27(38)39)11-33(20)15-3-4-15/h9-11,13-15,22-23,35H,3-8,12H2,1-2H3,(H,38,39)(H,40,41)/t13-,14+,22+,23+/m1/s1. The third-order valence-electron chi connectivity index (χ3n) is 9.02. The topological polar surface area (TPSA) is 170 Å². The molecule has 13 nitrogen and oxygen atoms in total. The molecule has 14 heteroatoms.